The molecule has 2 rings (SSSR count). The molecule has 1 saturated heterocycles. The molecule has 0 bridgehead atoms. The van der Waals surface area contributed by atoms with Crippen molar-refractivity contribution in [3.8, 4) is 0 Å². The Morgan fingerprint density at radius 3 is 2.47 bits per heavy atom. The summed E-state index contributed by atoms with van der Waals surface area (Å²) in [6.45, 7) is 5.50. The Kier molecular flexibility index (Phi) is 3.87. The van der Waals surface area contributed by atoms with Crippen LogP contribution in [-0.4, -0.2) is 25.8 Å². The summed E-state index contributed by atoms with van der Waals surface area (Å²) in [7, 11) is -3.23. The number of nitrogen functional groups attached to an aromatic ring is 1. The topological polar surface area (TPSA) is 63.4 Å². The first-order valence-corrected chi connectivity index (χ1v) is 8.22. The molecular formula is C14H22N2O2S. The van der Waals surface area contributed by atoms with Crippen molar-refractivity contribution in [2.45, 2.75) is 32.4 Å². The third-order valence-electron chi connectivity index (χ3n) is 3.59. The Morgan fingerprint density at radius 1 is 1.26 bits per heavy atom. The molecule has 0 amide bonds. The molecule has 106 valence electrons. The zero-order valence-corrected chi connectivity index (χ0v) is 12.4. The maximum absolute atomic E-state index is 12.4. The molecule has 2 N–H and O–H groups in total. The molecule has 1 fully saturated rings. The minimum absolute atomic E-state index is 0.0589. The maximum Gasteiger partial charge on any atom is 0.218 e. The number of hydrogen-bond donors (Lipinski definition) is 1. The van der Waals surface area contributed by atoms with Crippen LogP contribution in [0.4, 0.5) is 5.69 Å². The number of nitrogens with zero attached hydrogens (tertiary/aromatic N) is 1. The second-order valence-corrected chi connectivity index (χ2v) is 8.07. The fourth-order valence-corrected chi connectivity index (χ4v) is 4.27. The highest BCUT2D eigenvalue weighted by Crippen LogP contribution is 2.30. The van der Waals surface area contributed by atoms with Crippen LogP contribution in [0.5, 0.6) is 0 Å². The number of rotatable bonds is 3. The zero-order valence-electron chi connectivity index (χ0n) is 11.6. The predicted molar refractivity (Wildman–Crippen MR) is 78.1 cm³/mol. The molecule has 0 saturated carbocycles. The molecule has 0 radical (unpaired) electrons. The van der Waals surface area contributed by atoms with Crippen molar-refractivity contribution in [2.24, 2.45) is 5.41 Å². The Bertz CT molecular complexity index is 535. The van der Waals surface area contributed by atoms with E-state index in [9.17, 15) is 8.42 Å². The van der Waals surface area contributed by atoms with Crippen molar-refractivity contribution in [3.05, 3.63) is 29.8 Å². The number of piperidine rings is 1. The average Bonchev–Trinajstić information content (AvgIpc) is 2.31. The smallest absolute Gasteiger partial charge is 0.218 e. The Hall–Kier alpha value is -1.07. The minimum atomic E-state index is -3.23. The van der Waals surface area contributed by atoms with Crippen LogP contribution in [0.25, 0.3) is 0 Å². The number of benzene rings is 1. The SMILES string of the molecule is CC1(C)CCCN(S(=O)(=O)Cc2ccc(N)cc2)C1. The van der Waals surface area contributed by atoms with Gasteiger partial charge in [0.05, 0.1) is 5.75 Å². The Morgan fingerprint density at radius 2 is 1.89 bits per heavy atom. The number of hydrogen-bond acceptors (Lipinski definition) is 3. The standard InChI is InChI=1S/C14H22N2O2S/c1-14(2)8-3-9-16(11-14)19(17,18)10-12-4-6-13(15)7-5-12/h4-7H,3,8-11,15H2,1-2H3. The summed E-state index contributed by atoms with van der Waals surface area (Å²) >= 11 is 0. The van der Waals surface area contributed by atoms with Crippen LogP contribution >= 0.6 is 0 Å². The summed E-state index contributed by atoms with van der Waals surface area (Å²) < 4.78 is 26.5. The van der Waals surface area contributed by atoms with Gasteiger partial charge in [-0.3, -0.25) is 0 Å². The van der Waals surface area contributed by atoms with Gasteiger partial charge in [0.25, 0.3) is 0 Å². The number of anilines is 1. The first-order chi connectivity index (χ1) is 8.78. The van der Waals surface area contributed by atoms with E-state index in [1.807, 2.05) is 0 Å². The lowest BCUT2D eigenvalue weighted by Gasteiger charge is -2.37. The van der Waals surface area contributed by atoms with Gasteiger partial charge in [-0.15, -0.1) is 0 Å². The number of sulfonamides is 1. The van der Waals surface area contributed by atoms with Crippen LogP contribution in [0, 0.1) is 5.41 Å². The molecule has 5 heteroatoms. The van der Waals surface area contributed by atoms with Gasteiger partial charge in [0, 0.05) is 18.8 Å². The van der Waals surface area contributed by atoms with Gasteiger partial charge in [-0.05, 0) is 36.0 Å². The summed E-state index contributed by atoms with van der Waals surface area (Å²) in [4.78, 5) is 0. The van der Waals surface area contributed by atoms with Crippen LogP contribution in [-0.2, 0) is 15.8 Å². The number of nitrogens with two attached hydrogens (primary N) is 1. The van der Waals surface area contributed by atoms with E-state index in [0.29, 0.717) is 18.8 Å². The molecule has 0 atom stereocenters. The molecule has 4 nitrogen and oxygen atoms in total. The maximum atomic E-state index is 12.4. The van der Waals surface area contributed by atoms with Crippen LogP contribution in [0.3, 0.4) is 0 Å². The van der Waals surface area contributed by atoms with Gasteiger partial charge in [-0.2, -0.15) is 0 Å². The van der Waals surface area contributed by atoms with Gasteiger partial charge in [-0.1, -0.05) is 26.0 Å². The highest BCUT2D eigenvalue weighted by atomic mass is 32.2. The van der Waals surface area contributed by atoms with Crippen molar-refractivity contribution in [1.82, 2.24) is 4.31 Å². The van der Waals surface area contributed by atoms with E-state index in [4.69, 9.17) is 5.73 Å². The quantitative estimate of drug-likeness (QED) is 0.865. The predicted octanol–water partition coefficient (Wildman–Crippen LogP) is 2.22. The summed E-state index contributed by atoms with van der Waals surface area (Å²) in [5.74, 6) is 0.0589. The van der Waals surface area contributed by atoms with Crippen molar-refractivity contribution in [1.29, 1.82) is 0 Å². The van der Waals surface area contributed by atoms with Crippen LogP contribution < -0.4 is 5.73 Å². The van der Waals surface area contributed by atoms with Crippen molar-refractivity contribution >= 4 is 15.7 Å². The molecule has 0 aromatic heterocycles. The van der Waals surface area contributed by atoms with Crippen molar-refractivity contribution < 1.29 is 8.42 Å². The molecule has 19 heavy (non-hydrogen) atoms. The molecule has 1 aromatic carbocycles. The minimum Gasteiger partial charge on any atom is -0.399 e. The largest absolute Gasteiger partial charge is 0.399 e. The zero-order chi connectivity index (χ0) is 14.1. The fraction of sp³-hybridized carbons (Fsp3) is 0.571. The molecule has 0 unspecified atom stereocenters. The Labute approximate surface area is 115 Å². The van der Waals surface area contributed by atoms with E-state index in [1.165, 1.54) is 0 Å². The highest BCUT2D eigenvalue weighted by Gasteiger charge is 2.33. The first kappa shape index (κ1) is 14.3. The van der Waals surface area contributed by atoms with Crippen molar-refractivity contribution in [3.63, 3.8) is 0 Å². The third-order valence-corrected chi connectivity index (χ3v) is 5.38. The summed E-state index contributed by atoms with van der Waals surface area (Å²) in [5, 5.41) is 0. The van der Waals surface area contributed by atoms with Crippen LogP contribution in [0.1, 0.15) is 32.3 Å². The normalized spacial score (nSPS) is 20.3. The summed E-state index contributed by atoms with van der Waals surface area (Å²) in [6, 6.07) is 7.04. The molecular weight excluding hydrogens is 260 g/mol. The van der Waals surface area contributed by atoms with Crippen LogP contribution in [0.15, 0.2) is 24.3 Å². The monoisotopic (exact) mass is 282 g/mol. The second-order valence-electron chi connectivity index (χ2n) is 6.10. The second kappa shape index (κ2) is 5.13. The van der Waals surface area contributed by atoms with E-state index in [0.717, 1.165) is 18.4 Å². The van der Waals surface area contributed by atoms with E-state index in [1.54, 1.807) is 28.6 Å². The van der Waals surface area contributed by atoms with E-state index in [-0.39, 0.29) is 11.2 Å². The third kappa shape index (κ3) is 3.70. The lowest BCUT2D eigenvalue weighted by molar-refractivity contribution is 0.187. The van der Waals surface area contributed by atoms with Gasteiger partial charge in [0.1, 0.15) is 0 Å². The lowest BCUT2D eigenvalue weighted by atomic mass is 9.85. The summed E-state index contributed by atoms with van der Waals surface area (Å²) in [5.41, 5.74) is 7.13. The van der Waals surface area contributed by atoms with Crippen LogP contribution in [0.2, 0.25) is 0 Å². The van der Waals surface area contributed by atoms with Gasteiger partial charge >= 0.3 is 0 Å². The van der Waals surface area contributed by atoms with Crippen molar-refractivity contribution in [2.75, 3.05) is 18.8 Å². The molecule has 1 heterocycles. The van der Waals surface area contributed by atoms with Gasteiger partial charge in [0.2, 0.25) is 10.0 Å². The van der Waals surface area contributed by atoms with E-state index in [2.05, 4.69) is 13.8 Å². The molecule has 0 aliphatic carbocycles. The van der Waals surface area contributed by atoms with Gasteiger partial charge in [-0.25, -0.2) is 12.7 Å². The molecule has 1 aliphatic rings. The summed E-state index contributed by atoms with van der Waals surface area (Å²) in [6.07, 6.45) is 2.02. The molecule has 1 aliphatic heterocycles. The fourth-order valence-electron chi connectivity index (χ4n) is 2.52. The van der Waals surface area contributed by atoms with E-state index >= 15 is 0 Å². The molecule has 1 aromatic rings. The van der Waals surface area contributed by atoms with E-state index < -0.39 is 10.0 Å². The van der Waals surface area contributed by atoms with Gasteiger partial charge < -0.3 is 5.73 Å². The average molecular weight is 282 g/mol. The Balaban J connectivity index is 2.12. The highest BCUT2D eigenvalue weighted by molar-refractivity contribution is 7.88. The van der Waals surface area contributed by atoms with Gasteiger partial charge in [0.15, 0.2) is 0 Å². The first-order valence-electron chi connectivity index (χ1n) is 6.61. The lowest BCUT2D eigenvalue weighted by Crippen LogP contribution is -2.43. The molecule has 0 spiro atoms.